The zero-order valence-electron chi connectivity index (χ0n) is 20.1. The molecule has 3 aromatic carbocycles. The number of nitrogens with zero attached hydrogens (tertiary/aromatic N) is 1. The molecule has 1 aliphatic heterocycles. The van der Waals surface area contributed by atoms with E-state index >= 15 is 0 Å². The van der Waals surface area contributed by atoms with Gasteiger partial charge in [-0.15, -0.1) is 0 Å². The van der Waals surface area contributed by atoms with Gasteiger partial charge in [0.2, 0.25) is 0 Å². The van der Waals surface area contributed by atoms with Crippen LogP contribution in [0.25, 0.3) is 10.9 Å². The fraction of sp³-hybridized carbons (Fsp3) is 0.267. The molecular formula is C30H31N3O2. The number of rotatable bonds is 6. The Morgan fingerprint density at radius 1 is 1.00 bits per heavy atom. The van der Waals surface area contributed by atoms with Crippen LogP contribution in [0.15, 0.2) is 79.0 Å². The molecule has 35 heavy (non-hydrogen) atoms. The number of amides is 2. The first-order chi connectivity index (χ1) is 17.1. The highest BCUT2D eigenvalue weighted by Gasteiger charge is 2.26. The molecule has 1 aliphatic rings. The number of nitrogens with one attached hydrogen (secondary N) is 2. The van der Waals surface area contributed by atoms with E-state index in [-0.39, 0.29) is 17.7 Å². The number of hydrogen-bond donors (Lipinski definition) is 2. The average molecular weight is 466 g/mol. The van der Waals surface area contributed by atoms with Gasteiger partial charge >= 0.3 is 0 Å². The van der Waals surface area contributed by atoms with E-state index in [1.165, 1.54) is 10.9 Å². The molecule has 2 amide bonds. The first-order valence-electron chi connectivity index (χ1n) is 12.4. The molecule has 1 saturated heterocycles. The van der Waals surface area contributed by atoms with Crippen molar-refractivity contribution in [1.82, 2.24) is 15.2 Å². The summed E-state index contributed by atoms with van der Waals surface area (Å²) in [6, 6.07) is 23.9. The Labute approximate surface area is 206 Å². The van der Waals surface area contributed by atoms with E-state index < -0.39 is 0 Å². The quantitative estimate of drug-likeness (QED) is 0.397. The van der Waals surface area contributed by atoms with Crippen molar-refractivity contribution in [3.63, 3.8) is 0 Å². The molecule has 1 atom stereocenters. The molecule has 0 bridgehead atoms. The number of aryl methyl sites for hydroxylation is 1. The number of H-pyrrole nitrogens is 1. The second-order valence-electron chi connectivity index (χ2n) is 9.45. The normalized spacial score (nSPS) is 15.8. The van der Waals surface area contributed by atoms with Crippen LogP contribution >= 0.6 is 0 Å². The molecule has 4 aromatic rings. The predicted octanol–water partition coefficient (Wildman–Crippen LogP) is 5.47. The van der Waals surface area contributed by atoms with Crippen molar-refractivity contribution in [2.45, 2.75) is 32.1 Å². The smallest absolute Gasteiger partial charge is 0.253 e. The first-order valence-corrected chi connectivity index (χ1v) is 12.4. The molecule has 2 heterocycles. The van der Waals surface area contributed by atoms with E-state index in [1.54, 1.807) is 0 Å². The number of carbonyl (C=O) groups is 2. The van der Waals surface area contributed by atoms with E-state index in [0.29, 0.717) is 18.7 Å². The largest absolute Gasteiger partial charge is 0.361 e. The maximum atomic E-state index is 13.0. The Morgan fingerprint density at radius 3 is 2.69 bits per heavy atom. The summed E-state index contributed by atoms with van der Waals surface area (Å²) in [4.78, 5) is 31.1. The summed E-state index contributed by atoms with van der Waals surface area (Å²) in [5.41, 5.74) is 5.99. The number of likely N-dealkylation sites (tertiary alicyclic amines) is 1. The molecule has 0 unspecified atom stereocenters. The molecule has 0 saturated carbocycles. The molecular weight excluding hydrogens is 434 g/mol. The standard InChI is InChI=1S/C30H31N3O2/c1-21-11-13-22(14-12-21)30(35)33-17-5-8-26(20-33)23-6-4-7-24(18-23)29(34)31-16-15-25-19-32-28-10-3-2-9-27(25)28/h2-4,6-7,9-14,18-19,26,32H,5,8,15-17,20H2,1H3,(H,31,34)/t26-/m0/s1. The molecule has 2 N–H and O–H groups in total. The molecule has 5 heteroatoms. The summed E-state index contributed by atoms with van der Waals surface area (Å²) in [6.07, 6.45) is 4.77. The Bertz CT molecular complexity index is 1340. The van der Waals surface area contributed by atoms with E-state index in [1.807, 2.05) is 72.6 Å². The van der Waals surface area contributed by atoms with Crippen LogP contribution in [-0.2, 0) is 6.42 Å². The number of aromatic amines is 1. The van der Waals surface area contributed by atoms with Crippen molar-refractivity contribution >= 4 is 22.7 Å². The molecule has 5 rings (SSSR count). The molecule has 1 aromatic heterocycles. The van der Waals surface area contributed by atoms with E-state index in [2.05, 4.69) is 28.5 Å². The van der Waals surface area contributed by atoms with Gasteiger partial charge in [0, 0.05) is 53.8 Å². The number of piperidine rings is 1. The zero-order valence-corrected chi connectivity index (χ0v) is 20.1. The van der Waals surface area contributed by atoms with Gasteiger partial charge in [-0.3, -0.25) is 9.59 Å². The third-order valence-electron chi connectivity index (χ3n) is 6.98. The Balaban J connectivity index is 1.21. The van der Waals surface area contributed by atoms with Crippen LogP contribution in [0.1, 0.15) is 56.2 Å². The highest BCUT2D eigenvalue weighted by Crippen LogP contribution is 2.28. The Morgan fingerprint density at radius 2 is 1.83 bits per heavy atom. The van der Waals surface area contributed by atoms with Gasteiger partial charge < -0.3 is 15.2 Å². The van der Waals surface area contributed by atoms with Crippen LogP contribution in [0.2, 0.25) is 0 Å². The van der Waals surface area contributed by atoms with Crippen molar-refractivity contribution in [1.29, 1.82) is 0 Å². The second-order valence-corrected chi connectivity index (χ2v) is 9.45. The van der Waals surface area contributed by atoms with Gasteiger partial charge in [0.05, 0.1) is 0 Å². The van der Waals surface area contributed by atoms with Crippen LogP contribution in [-0.4, -0.2) is 41.3 Å². The summed E-state index contributed by atoms with van der Waals surface area (Å²) >= 11 is 0. The molecule has 178 valence electrons. The Hall–Kier alpha value is -3.86. The van der Waals surface area contributed by atoms with Crippen molar-refractivity contribution in [2.24, 2.45) is 0 Å². The number of benzene rings is 3. The third-order valence-corrected chi connectivity index (χ3v) is 6.98. The fourth-order valence-corrected chi connectivity index (χ4v) is 5.00. The molecule has 0 aliphatic carbocycles. The van der Waals surface area contributed by atoms with E-state index in [4.69, 9.17) is 0 Å². The number of aromatic nitrogens is 1. The third kappa shape index (κ3) is 5.14. The monoisotopic (exact) mass is 465 g/mol. The highest BCUT2D eigenvalue weighted by atomic mass is 16.2. The lowest BCUT2D eigenvalue weighted by Gasteiger charge is -2.33. The van der Waals surface area contributed by atoms with Crippen molar-refractivity contribution < 1.29 is 9.59 Å². The fourth-order valence-electron chi connectivity index (χ4n) is 5.00. The maximum absolute atomic E-state index is 13.0. The summed E-state index contributed by atoms with van der Waals surface area (Å²) in [5.74, 6) is 0.257. The van der Waals surface area contributed by atoms with E-state index in [0.717, 1.165) is 48.0 Å². The van der Waals surface area contributed by atoms with Gasteiger partial charge in [0.15, 0.2) is 0 Å². The van der Waals surface area contributed by atoms with Crippen LogP contribution in [0.5, 0.6) is 0 Å². The van der Waals surface area contributed by atoms with Crippen LogP contribution in [0.4, 0.5) is 0 Å². The van der Waals surface area contributed by atoms with Crippen molar-refractivity contribution in [2.75, 3.05) is 19.6 Å². The lowest BCUT2D eigenvalue weighted by Crippen LogP contribution is -2.39. The van der Waals surface area contributed by atoms with Crippen LogP contribution in [0, 0.1) is 6.92 Å². The number of hydrogen-bond acceptors (Lipinski definition) is 2. The maximum Gasteiger partial charge on any atom is 0.253 e. The summed E-state index contributed by atoms with van der Waals surface area (Å²) in [6.45, 7) is 4.05. The topological polar surface area (TPSA) is 65.2 Å². The minimum absolute atomic E-state index is 0.0601. The van der Waals surface area contributed by atoms with Crippen LogP contribution < -0.4 is 5.32 Å². The first kappa shape index (κ1) is 22.9. The van der Waals surface area contributed by atoms with Gasteiger partial charge in [0.25, 0.3) is 11.8 Å². The SMILES string of the molecule is Cc1ccc(C(=O)N2CCC[C@H](c3cccc(C(=O)NCCc4c[nH]c5ccccc45)c3)C2)cc1. The highest BCUT2D eigenvalue weighted by molar-refractivity contribution is 5.95. The van der Waals surface area contributed by atoms with Gasteiger partial charge in [-0.25, -0.2) is 0 Å². The van der Waals surface area contributed by atoms with Crippen molar-refractivity contribution in [3.05, 3.63) is 107 Å². The lowest BCUT2D eigenvalue weighted by atomic mass is 9.89. The predicted molar refractivity (Wildman–Crippen MR) is 140 cm³/mol. The number of carbonyl (C=O) groups excluding carboxylic acids is 2. The minimum atomic E-state index is -0.0601. The number of para-hydroxylation sites is 1. The zero-order chi connectivity index (χ0) is 24.2. The molecule has 1 fully saturated rings. The minimum Gasteiger partial charge on any atom is -0.361 e. The molecule has 5 nitrogen and oxygen atoms in total. The van der Waals surface area contributed by atoms with Gasteiger partial charge in [-0.1, -0.05) is 48.0 Å². The van der Waals surface area contributed by atoms with Gasteiger partial charge in [0.1, 0.15) is 0 Å². The van der Waals surface area contributed by atoms with E-state index in [9.17, 15) is 9.59 Å². The average Bonchev–Trinajstić information content (AvgIpc) is 3.32. The molecule has 0 spiro atoms. The lowest BCUT2D eigenvalue weighted by molar-refractivity contribution is 0.0706. The van der Waals surface area contributed by atoms with Crippen molar-refractivity contribution in [3.8, 4) is 0 Å². The van der Waals surface area contributed by atoms with Crippen LogP contribution in [0.3, 0.4) is 0 Å². The van der Waals surface area contributed by atoms with Gasteiger partial charge in [-0.2, -0.15) is 0 Å². The summed E-state index contributed by atoms with van der Waals surface area (Å²) < 4.78 is 0. The summed E-state index contributed by atoms with van der Waals surface area (Å²) in [5, 5.41) is 4.27. The molecule has 0 radical (unpaired) electrons. The number of fused-ring (bicyclic) bond motifs is 1. The second kappa shape index (κ2) is 10.2. The Kier molecular flexibility index (Phi) is 6.66. The summed E-state index contributed by atoms with van der Waals surface area (Å²) in [7, 11) is 0. The van der Waals surface area contributed by atoms with Gasteiger partial charge in [-0.05, 0) is 67.6 Å².